The number of H-pyrrole nitrogens is 1. The van der Waals surface area contributed by atoms with Crippen LogP contribution in [0.4, 0.5) is 10.5 Å². The van der Waals surface area contributed by atoms with E-state index >= 15 is 0 Å². The van der Waals surface area contributed by atoms with E-state index < -0.39 is 0 Å². The van der Waals surface area contributed by atoms with E-state index in [4.69, 9.17) is 4.74 Å². The highest BCUT2D eigenvalue weighted by molar-refractivity contribution is 5.93. The van der Waals surface area contributed by atoms with Crippen LogP contribution in [0.5, 0.6) is 0 Å². The zero-order chi connectivity index (χ0) is 18.1. The van der Waals surface area contributed by atoms with Crippen LogP contribution in [-0.2, 0) is 24.2 Å². The molecule has 0 fully saturated rings. The van der Waals surface area contributed by atoms with Gasteiger partial charge >= 0.3 is 6.03 Å². The third kappa shape index (κ3) is 3.06. The van der Waals surface area contributed by atoms with E-state index in [9.17, 15) is 4.79 Å². The molecule has 3 heterocycles. The number of aromatic amines is 1. The highest BCUT2D eigenvalue weighted by Crippen LogP contribution is 2.24. The first-order valence-electron chi connectivity index (χ1n) is 8.81. The first kappa shape index (κ1) is 16.7. The quantitative estimate of drug-likeness (QED) is 0.757. The molecule has 0 radical (unpaired) electrons. The monoisotopic (exact) mass is 353 g/mol. The molecular weight excluding hydrogens is 330 g/mol. The topological polar surface area (TPSA) is 75.2 Å². The third-order valence-corrected chi connectivity index (χ3v) is 4.97. The van der Waals surface area contributed by atoms with E-state index in [1.54, 1.807) is 13.3 Å². The summed E-state index contributed by atoms with van der Waals surface area (Å²) in [4.78, 5) is 14.4. The molecule has 0 unspecified atom stereocenters. The Labute approximate surface area is 151 Å². The average molecular weight is 353 g/mol. The molecule has 0 bridgehead atoms. The summed E-state index contributed by atoms with van der Waals surface area (Å²) in [7, 11) is 1.71. The van der Waals surface area contributed by atoms with Gasteiger partial charge in [-0.2, -0.15) is 5.10 Å². The fourth-order valence-electron chi connectivity index (χ4n) is 3.56. The smallest absolute Gasteiger partial charge is 0.322 e. The Morgan fingerprint density at radius 1 is 1.38 bits per heavy atom. The molecule has 1 aliphatic rings. The SMILES string of the molecule is COCCn1c(C)cc2cc(NC(=O)N3CCc4[nH]ncc4C3)ccc21. The molecule has 0 saturated carbocycles. The maximum absolute atomic E-state index is 12.6. The maximum atomic E-state index is 12.6. The van der Waals surface area contributed by atoms with Crippen LogP contribution in [0.2, 0.25) is 0 Å². The van der Waals surface area contributed by atoms with E-state index in [0.29, 0.717) is 19.7 Å². The zero-order valence-electron chi connectivity index (χ0n) is 15.1. The van der Waals surface area contributed by atoms with Crippen molar-refractivity contribution < 1.29 is 9.53 Å². The normalized spacial score (nSPS) is 13.8. The molecular formula is C19H23N5O2. The second kappa shape index (κ2) is 6.84. The van der Waals surface area contributed by atoms with Gasteiger partial charge in [0.05, 0.1) is 19.3 Å². The van der Waals surface area contributed by atoms with Gasteiger partial charge in [-0.1, -0.05) is 0 Å². The average Bonchev–Trinajstić information content (AvgIpc) is 3.22. The summed E-state index contributed by atoms with van der Waals surface area (Å²) < 4.78 is 7.42. The van der Waals surface area contributed by atoms with Gasteiger partial charge in [-0.3, -0.25) is 5.10 Å². The number of urea groups is 1. The number of benzene rings is 1. The molecule has 1 aromatic carbocycles. The fourth-order valence-corrected chi connectivity index (χ4v) is 3.56. The number of fused-ring (bicyclic) bond motifs is 2. The summed E-state index contributed by atoms with van der Waals surface area (Å²) in [5.41, 5.74) is 5.36. The minimum atomic E-state index is -0.0771. The molecule has 0 atom stereocenters. The fraction of sp³-hybridized carbons (Fsp3) is 0.368. The van der Waals surface area contributed by atoms with Crippen molar-refractivity contribution in [2.24, 2.45) is 0 Å². The van der Waals surface area contributed by atoms with Gasteiger partial charge in [0, 0.05) is 60.2 Å². The van der Waals surface area contributed by atoms with Crippen LogP contribution >= 0.6 is 0 Å². The van der Waals surface area contributed by atoms with Crippen molar-refractivity contribution in [1.82, 2.24) is 19.7 Å². The number of aryl methyl sites for hydroxylation is 1. The molecule has 4 rings (SSSR count). The van der Waals surface area contributed by atoms with Crippen LogP contribution in [-0.4, -0.2) is 46.0 Å². The van der Waals surface area contributed by atoms with Gasteiger partial charge in [-0.25, -0.2) is 4.79 Å². The van der Waals surface area contributed by atoms with Crippen molar-refractivity contribution in [2.45, 2.75) is 26.4 Å². The minimum absolute atomic E-state index is 0.0771. The Balaban J connectivity index is 1.50. The number of methoxy groups -OCH3 is 1. The van der Waals surface area contributed by atoms with Crippen LogP contribution in [0.1, 0.15) is 17.0 Å². The molecule has 136 valence electrons. The van der Waals surface area contributed by atoms with Crippen molar-refractivity contribution in [3.63, 3.8) is 0 Å². The summed E-state index contributed by atoms with van der Waals surface area (Å²) in [5.74, 6) is 0. The van der Waals surface area contributed by atoms with Crippen molar-refractivity contribution in [1.29, 1.82) is 0 Å². The number of aromatic nitrogens is 3. The Bertz CT molecular complexity index is 943. The lowest BCUT2D eigenvalue weighted by molar-refractivity contribution is 0.188. The number of carbonyl (C=O) groups is 1. The zero-order valence-corrected chi connectivity index (χ0v) is 15.1. The van der Waals surface area contributed by atoms with Gasteiger partial charge in [0.15, 0.2) is 0 Å². The maximum Gasteiger partial charge on any atom is 0.322 e. The molecule has 26 heavy (non-hydrogen) atoms. The number of hydrogen-bond donors (Lipinski definition) is 2. The van der Waals surface area contributed by atoms with Crippen LogP contribution in [0.15, 0.2) is 30.5 Å². The van der Waals surface area contributed by atoms with E-state index in [1.807, 2.05) is 17.0 Å². The standard InChI is InChI=1S/C19H23N5O2/c1-13-9-14-10-16(3-4-18(14)24(13)7-8-26-2)21-19(25)23-6-5-17-15(12-23)11-20-22-17/h3-4,9-11H,5-8,12H2,1-2H3,(H,20,22)(H,21,25). The summed E-state index contributed by atoms with van der Waals surface area (Å²) >= 11 is 0. The van der Waals surface area contributed by atoms with E-state index in [-0.39, 0.29) is 6.03 Å². The van der Waals surface area contributed by atoms with Gasteiger partial charge in [0.2, 0.25) is 0 Å². The lowest BCUT2D eigenvalue weighted by atomic mass is 10.1. The molecule has 2 N–H and O–H groups in total. The van der Waals surface area contributed by atoms with E-state index in [2.05, 4.69) is 39.1 Å². The van der Waals surface area contributed by atoms with Crippen molar-refractivity contribution in [2.75, 3.05) is 25.6 Å². The number of anilines is 1. The minimum Gasteiger partial charge on any atom is -0.383 e. The molecule has 0 aliphatic carbocycles. The second-order valence-corrected chi connectivity index (χ2v) is 6.68. The van der Waals surface area contributed by atoms with Crippen LogP contribution < -0.4 is 5.32 Å². The molecule has 0 saturated heterocycles. The summed E-state index contributed by atoms with van der Waals surface area (Å²) in [5, 5.41) is 11.2. The number of nitrogens with one attached hydrogen (secondary N) is 2. The molecule has 2 amide bonds. The lowest BCUT2D eigenvalue weighted by Gasteiger charge is -2.26. The van der Waals surface area contributed by atoms with Gasteiger partial charge < -0.3 is 19.5 Å². The summed E-state index contributed by atoms with van der Waals surface area (Å²) in [6.07, 6.45) is 2.61. The van der Waals surface area contributed by atoms with Gasteiger partial charge in [0.1, 0.15) is 0 Å². The van der Waals surface area contributed by atoms with Crippen LogP contribution in [0, 0.1) is 6.92 Å². The predicted molar refractivity (Wildman–Crippen MR) is 100 cm³/mol. The molecule has 2 aromatic heterocycles. The first-order valence-corrected chi connectivity index (χ1v) is 8.81. The predicted octanol–water partition coefficient (Wildman–Crippen LogP) is 2.91. The number of rotatable bonds is 4. The summed E-state index contributed by atoms with van der Waals surface area (Å²) in [6.45, 7) is 4.86. The Morgan fingerprint density at radius 3 is 3.12 bits per heavy atom. The van der Waals surface area contributed by atoms with Crippen molar-refractivity contribution in [3.8, 4) is 0 Å². The molecule has 3 aromatic rings. The highest BCUT2D eigenvalue weighted by atomic mass is 16.5. The largest absolute Gasteiger partial charge is 0.383 e. The van der Waals surface area contributed by atoms with Gasteiger partial charge in [-0.05, 0) is 31.2 Å². The lowest BCUT2D eigenvalue weighted by Crippen LogP contribution is -2.38. The Morgan fingerprint density at radius 2 is 2.27 bits per heavy atom. The third-order valence-electron chi connectivity index (χ3n) is 4.97. The molecule has 0 spiro atoms. The number of carbonyl (C=O) groups excluding carboxylic acids is 1. The Hall–Kier alpha value is -2.80. The van der Waals surface area contributed by atoms with Gasteiger partial charge in [0.25, 0.3) is 0 Å². The molecule has 1 aliphatic heterocycles. The number of hydrogen-bond acceptors (Lipinski definition) is 3. The molecule has 7 heteroatoms. The first-order chi connectivity index (χ1) is 12.7. The van der Waals surface area contributed by atoms with Crippen LogP contribution in [0.25, 0.3) is 10.9 Å². The number of ether oxygens (including phenoxy) is 1. The number of nitrogens with zero attached hydrogens (tertiary/aromatic N) is 3. The highest BCUT2D eigenvalue weighted by Gasteiger charge is 2.22. The van der Waals surface area contributed by atoms with Crippen LogP contribution in [0.3, 0.4) is 0 Å². The number of amides is 2. The summed E-state index contributed by atoms with van der Waals surface area (Å²) in [6, 6.07) is 8.09. The second-order valence-electron chi connectivity index (χ2n) is 6.68. The van der Waals surface area contributed by atoms with Gasteiger partial charge in [-0.15, -0.1) is 0 Å². The van der Waals surface area contributed by atoms with Crippen molar-refractivity contribution >= 4 is 22.6 Å². The Kier molecular flexibility index (Phi) is 4.38. The molecule has 7 nitrogen and oxygen atoms in total. The van der Waals surface area contributed by atoms with E-state index in [1.165, 1.54) is 5.69 Å². The van der Waals surface area contributed by atoms with E-state index in [0.717, 1.165) is 40.8 Å². The van der Waals surface area contributed by atoms with Crippen molar-refractivity contribution in [3.05, 3.63) is 47.4 Å².